The van der Waals surface area contributed by atoms with Crippen molar-refractivity contribution in [3.63, 3.8) is 0 Å². The second kappa shape index (κ2) is 52.4. The van der Waals surface area contributed by atoms with E-state index in [4.69, 9.17) is 75.8 Å². The predicted octanol–water partition coefficient (Wildman–Crippen LogP) is 4.02. The molecule has 0 spiro atoms. The van der Waals surface area contributed by atoms with Gasteiger partial charge in [-0.1, -0.05) is 51.0 Å². The van der Waals surface area contributed by atoms with E-state index in [-0.39, 0.29) is 5.78 Å². The van der Waals surface area contributed by atoms with Crippen molar-refractivity contribution in [1.29, 1.82) is 0 Å². The highest BCUT2D eigenvalue weighted by molar-refractivity contribution is 5.78. The first-order valence-corrected chi connectivity index (χ1v) is 27.0. The molecule has 0 saturated carbocycles. The minimum atomic E-state index is 0.154. The van der Waals surface area contributed by atoms with E-state index in [0.29, 0.717) is 243 Å². The van der Waals surface area contributed by atoms with Gasteiger partial charge in [-0.05, 0) is 24.7 Å². The lowest BCUT2D eigenvalue weighted by molar-refractivity contribution is -0.120. The summed E-state index contributed by atoms with van der Waals surface area (Å²) in [6, 6.07) is 0. The number of hydrogen-bond acceptors (Lipinski definition) is 21. The number of nitrogens with zero attached hydrogens (tertiary/aromatic N) is 6. The Bertz CT molecular complexity index is 1480. The van der Waals surface area contributed by atoms with Gasteiger partial charge in [0.1, 0.15) is 11.5 Å². The van der Waals surface area contributed by atoms with Gasteiger partial charge in [-0.15, -0.1) is 10.2 Å². The summed E-state index contributed by atoms with van der Waals surface area (Å²) in [5, 5.41) is 16.6. The Hall–Kier alpha value is -2.69. The van der Waals surface area contributed by atoms with Crippen molar-refractivity contribution in [1.82, 2.24) is 30.0 Å². The molecule has 0 bridgehead atoms. The third-order valence-electron chi connectivity index (χ3n) is 10.3. The quantitative estimate of drug-likeness (QED) is 0.0853. The van der Waals surface area contributed by atoms with Gasteiger partial charge in [0.25, 0.3) is 0 Å². The third kappa shape index (κ3) is 45.5. The highest BCUT2D eigenvalue weighted by Gasteiger charge is 2.06. The summed E-state index contributed by atoms with van der Waals surface area (Å²) in [6.45, 7) is 25.7. The average Bonchev–Trinajstić information content (AvgIpc) is 4.07. The van der Waals surface area contributed by atoms with E-state index in [1.54, 1.807) is 4.68 Å². The Morgan fingerprint density at radius 3 is 1.12 bits per heavy atom. The Morgan fingerprint density at radius 1 is 0.378 bits per heavy atom. The van der Waals surface area contributed by atoms with Gasteiger partial charge in [0.2, 0.25) is 0 Å². The van der Waals surface area contributed by atoms with Crippen molar-refractivity contribution in [2.24, 2.45) is 5.92 Å². The van der Waals surface area contributed by atoms with Crippen LogP contribution in [-0.4, -0.2) is 241 Å². The molecule has 2 aromatic heterocycles. The lowest BCUT2D eigenvalue weighted by atomic mass is 10.1. The van der Waals surface area contributed by atoms with Crippen LogP contribution in [-0.2, 0) is 100 Å². The topological polar surface area (TPSA) is 226 Å². The molecule has 0 fully saturated rings. The summed E-state index contributed by atoms with van der Waals surface area (Å²) >= 11 is 0. The summed E-state index contributed by atoms with van der Waals surface area (Å²) in [4.78, 5) is 12.1. The van der Waals surface area contributed by atoms with Crippen molar-refractivity contribution < 1.29 is 80.6 Å². The van der Waals surface area contributed by atoms with E-state index in [1.165, 1.54) is 12.8 Å². The Labute approximate surface area is 441 Å². The van der Waals surface area contributed by atoms with E-state index in [1.807, 2.05) is 17.1 Å². The highest BCUT2D eigenvalue weighted by Crippen LogP contribution is 2.09. The first-order valence-electron chi connectivity index (χ1n) is 27.0. The number of aryl methyl sites for hydroxylation is 1. The molecule has 23 heteroatoms. The van der Waals surface area contributed by atoms with Crippen molar-refractivity contribution in [3.05, 3.63) is 23.8 Å². The van der Waals surface area contributed by atoms with Crippen molar-refractivity contribution >= 4 is 5.78 Å². The molecule has 0 aliphatic heterocycles. The molecule has 0 atom stereocenters. The Balaban J connectivity index is 1.14. The van der Waals surface area contributed by atoms with E-state index in [0.717, 1.165) is 30.3 Å². The largest absolute Gasteiger partial charge is 0.379 e. The van der Waals surface area contributed by atoms with Crippen LogP contribution in [0, 0.1) is 5.92 Å². The summed E-state index contributed by atoms with van der Waals surface area (Å²) in [6.07, 6.45) is 8.96. The normalized spacial score (nSPS) is 11.9. The second-order valence-corrected chi connectivity index (χ2v) is 17.6. The lowest BCUT2D eigenvalue weighted by Crippen LogP contribution is -2.15. The molecule has 0 amide bonds. The van der Waals surface area contributed by atoms with Gasteiger partial charge >= 0.3 is 0 Å². The minimum Gasteiger partial charge on any atom is -0.379 e. The van der Waals surface area contributed by atoms with Crippen LogP contribution in [0.15, 0.2) is 12.4 Å². The third-order valence-corrected chi connectivity index (χ3v) is 10.3. The zero-order chi connectivity index (χ0) is 52.9. The maximum absolute atomic E-state index is 12.1. The first-order chi connectivity index (χ1) is 36.4. The molecule has 0 N–H and O–H groups in total. The monoisotopic (exact) mass is 1060 g/mol. The van der Waals surface area contributed by atoms with Gasteiger partial charge in [-0.2, -0.15) is 0 Å². The molecule has 74 heavy (non-hydrogen) atoms. The first kappa shape index (κ1) is 67.4. The van der Waals surface area contributed by atoms with Crippen LogP contribution in [0.2, 0.25) is 0 Å². The fourth-order valence-electron chi connectivity index (χ4n) is 6.23. The van der Waals surface area contributed by atoms with E-state index >= 15 is 0 Å². The van der Waals surface area contributed by atoms with Gasteiger partial charge in [0.15, 0.2) is 0 Å². The molecule has 0 saturated heterocycles. The molecular formula is C51H96N6O17. The van der Waals surface area contributed by atoms with E-state index in [9.17, 15) is 4.79 Å². The van der Waals surface area contributed by atoms with Crippen LogP contribution in [0.3, 0.4) is 0 Å². The maximum atomic E-state index is 12.1. The number of ketones is 1. The number of carbonyl (C=O) groups excluding carboxylic acids is 1. The van der Waals surface area contributed by atoms with Crippen LogP contribution in [0.1, 0.15) is 83.5 Å². The van der Waals surface area contributed by atoms with Crippen LogP contribution < -0.4 is 0 Å². The van der Waals surface area contributed by atoms with Gasteiger partial charge in [-0.3, -0.25) is 9.48 Å². The Kier molecular flexibility index (Phi) is 47.7. The molecule has 0 aliphatic rings. The summed E-state index contributed by atoms with van der Waals surface area (Å²) in [7, 11) is 0. The molecule has 0 aliphatic carbocycles. The van der Waals surface area contributed by atoms with Gasteiger partial charge < -0.3 is 75.8 Å². The lowest BCUT2D eigenvalue weighted by Gasteiger charge is -2.09. The molecular weight excluding hydrogens is 969 g/mol. The number of Topliss-reactive ketones (excluding diaryl/α,β-unsaturated/α-hetero) is 1. The number of carbonyl (C=O) groups is 1. The van der Waals surface area contributed by atoms with Crippen molar-refractivity contribution in [2.45, 2.75) is 91.8 Å². The smallest absolute Gasteiger partial charge is 0.135 e. The standard InChI is InChI=1S/C51H96N6O17/c1-47(2)8-5-6-11-56-44-49(52-54-56)46-74-43-42-73-41-40-72-39-38-71-37-36-69-32-29-66-26-23-63-20-17-60-14-10-50(58)9-7-13-59-16-19-62-22-25-65-28-31-68-34-35-70-33-30-67-27-24-64-21-18-61-15-12-57-45-51(48(3)4)53-55-57/h44-45,47-48H,5-43,46H2,1-4H3. The highest BCUT2D eigenvalue weighted by atomic mass is 16.6. The maximum Gasteiger partial charge on any atom is 0.135 e. The van der Waals surface area contributed by atoms with Gasteiger partial charge in [-0.25, -0.2) is 4.68 Å². The van der Waals surface area contributed by atoms with Crippen LogP contribution in [0.4, 0.5) is 0 Å². The number of rotatable bonds is 60. The number of aromatic nitrogens is 6. The van der Waals surface area contributed by atoms with Crippen molar-refractivity contribution in [2.75, 3.05) is 205 Å². The molecule has 2 heterocycles. The number of unbranched alkanes of at least 4 members (excludes halogenated alkanes) is 1. The average molecular weight is 1070 g/mol. The van der Waals surface area contributed by atoms with E-state index in [2.05, 4.69) is 48.3 Å². The van der Waals surface area contributed by atoms with Gasteiger partial charge in [0, 0.05) is 32.2 Å². The molecule has 23 nitrogen and oxygen atoms in total. The fourth-order valence-corrected chi connectivity index (χ4v) is 6.23. The van der Waals surface area contributed by atoms with Crippen LogP contribution in [0.25, 0.3) is 0 Å². The molecule has 0 aromatic carbocycles. The van der Waals surface area contributed by atoms with Crippen molar-refractivity contribution in [3.8, 4) is 0 Å². The zero-order valence-electron chi connectivity index (χ0n) is 45.7. The summed E-state index contributed by atoms with van der Waals surface area (Å²) < 4.78 is 92.3. The molecule has 0 radical (unpaired) electrons. The second-order valence-electron chi connectivity index (χ2n) is 17.6. The van der Waals surface area contributed by atoms with Gasteiger partial charge in [0.05, 0.1) is 223 Å². The minimum absolute atomic E-state index is 0.154. The number of hydrogen-bond donors (Lipinski definition) is 0. The predicted molar refractivity (Wildman–Crippen MR) is 274 cm³/mol. The molecule has 2 rings (SSSR count). The fraction of sp³-hybridized carbons (Fsp3) is 0.902. The molecule has 432 valence electrons. The van der Waals surface area contributed by atoms with Crippen LogP contribution in [0.5, 0.6) is 0 Å². The zero-order valence-corrected chi connectivity index (χ0v) is 45.7. The van der Waals surface area contributed by atoms with E-state index < -0.39 is 0 Å². The SMILES string of the molecule is CC(C)CCCCn1cc(COCCOCCOCCOCCOCCOCCOCCOCCC(=O)CCCOCCOCCOCCOCCOCCOCCOCCOCCn2cc(C(C)C)nn2)nn1. The summed E-state index contributed by atoms with van der Waals surface area (Å²) in [5.74, 6) is 1.26. The number of ether oxygens (including phenoxy) is 16. The summed E-state index contributed by atoms with van der Waals surface area (Å²) in [5.41, 5.74) is 1.82. The molecule has 2 aromatic rings. The molecule has 0 unspecified atom stereocenters. The van der Waals surface area contributed by atoms with Crippen LogP contribution >= 0.6 is 0 Å². The Morgan fingerprint density at radius 2 is 0.730 bits per heavy atom.